The Morgan fingerprint density at radius 2 is 1.06 bits per heavy atom. The molecule has 0 bridgehead atoms. The predicted octanol–water partition coefficient (Wildman–Crippen LogP) is 9.49. The summed E-state index contributed by atoms with van der Waals surface area (Å²) in [6, 6.07) is 62.1. The minimum atomic E-state index is 0.144. The van der Waals surface area contributed by atoms with Gasteiger partial charge in [0, 0.05) is 49.0 Å². The number of aromatic nitrogens is 2. The quantitative estimate of drug-likeness (QED) is 0.178. The second-order valence-electron chi connectivity index (χ2n) is 12.9. The molecule has 0 radical (unpaired) electrons. The zero-order valence-corrected chi connectivity index (χ0v) is 27.3. The minimum Gasteiger partial charge on any atom is -0.310 e. The topological polar surface area (TPSA) is 13.1 Å². The second kappa shape index (κ2) is 10.3. The van der Waals surface area contributed by atoms with Crippen LogP contribution in [0.3, 0.4) is 0 Å². The molecule has 49 heavy (non-hydrogen) atoms. The summed E-state index contributed by atoms with van der Waals surface area (Å²) in [5, 5.41) is 2.54. The number of fused-ring (bicyclic) bond motifs is 9. The van der Waals surface area contributed by atoms with Gasteiger partial charge in [-0.05, 0) is 71.6 Å². The molecule has 0 unspecified atom stereocenters. The molecule has 5 heteroatoms. The molecule has 0 aliphatic carbocycles. The normalized spacial score (nSPS) is 12.8. The molecule has 0 fully saturated rings. The lowest BCUT2D eigenvalue weighted by Crippen LogP contribution is -2.58. The minimum absolute atomic E-state index is 0.144. The molecule has 228 valence electrons. The van der Waals surface area contributed by atoms with E-state index in [1.807, 2.05) is 11.8 Å². The van der Waals surface area contributed by atoms with Crippen LogP contribution in [-0.4, -0.2) is 15.8 Å². The van der Waals surface area contributed by atoms with Gasteiger partial charge in [-0.2, -0.15) is 0 Å². The molecule has 4 heterocycles. The summed E-state index contributed by atoms with van der Waals surface area (Å²) in [5.41, 5.74) is 15.0. The van der Waals surface area contributed by atoms with E-state index in [-0.39, 0.29) is 6.71 Å². The molecule has 0 saturated carbocycles. The van der Waals surface area contributed by atoms with E-state index in [0.717, 1.165) is 17.1 Å². The summed E-state index contributed by atoms with van der Waals surface area (Å²) in [7, 11) is 0. The van der Waals surface area contributed by atoms with Crippen molar-refractivity contribution in [2.45, 2.75) is 9.79 Å². The molecule has 0 N–H and O–H groups in total. The van der Waals surface area contributed by atoms with Crippen LogP contribution in [0.4, 0.5) is 17.1 Å². The average molecular weight is 642 g/mol. The third-order valence-corrected chi connectivity index (χ3v) is 11.5. The molecule has 2 aromatic heterocycles. The Hall–Kier alpha value is -5.91. The molecular weight excluding hydrogens is 613 g/mol. The Labute approximate surface area is 288 Å². The Morgan fingerprint density at radius 1 is 0.449 bits per heavy atom. The Morgan fingerprint density at radius 3 is 1.84 bits per heavy atom. The molecule has 3 nitrogen and oxygen atoms in total. The maximum atomic E-state index is 2.60. The van der Waals surface area contributed by atoms with Gasteiger partial charge in [0.2, 0.25) is 6.71 Å². The van der Waals surface area contributed by atoms with Gasteiger partial charge in [-0.1, -0.05) is 126 Å². The van der Waals surface area contributed by atoms with Gasteiger partial charge in [-0.15, -0.1) is 0 Å². The van der Waals surface area contributed by atoms with Crippen molar-refractivity contribution >= 4 is 84.8 Å². The summed E-state index contributed by atoms with van der Waals surface area (Å²) in [6.07, 6.45) is 0. The maximum absolute atomic E-state index is 2.60. The molecule has 2 aliphatic rings. The zero-order valence-electron chi connectivity index (χ0n) is 26.5. The van der Waals surface area contributed by atoms with Crippen LogP contribution in [0, 0.1) is 0 Å². The van der Waals surface area contributed by atoms with Crippen LogP contribution in [0.1, 0.15) is 0 Å². The van der Waals surface area contributed by atoms with Crippen molar-refractivity contribution in [2.75, 3.05) is 4.90 Å². The molecule has 9 aromatic rings. The first-order valence-corrected chi connectivity index (χ1v) is 17.6. The molecule has 0 saturated heterocycles. The van der Waals surface area contributed by atoms with E-state index in [1.54, 1.807) is 0 Å². The maximum Gasteiger partial charge on any atom is 0.249 e. The van der Waals surface area contributed by atoms with Crippen LogP contribution >= 0.6 is 11.8 Å². The second-order valence-corrected chi connectivity index (χ2v) is 14.0. The van der Waals surface area contributed by atoms with Crippen molar-refractivity contribution in [3.8, 4) is 11.4 Å². The molecule has 11 rings (SSSR count). The van der Waals surface area contributed by atoms with Crippen LogP contribution in [0.25, 0.3) is 44.2 Å². The zero-order chi connectivity index (χ0) is 32.1. The third kappa shape index (κ3) is 3.76. The van der Waals surface area contributed by atoms with Crippen molar-refractivity contribution < 1.29 is 0 Å². The fourth-order valence-corrected chi connectivity index (χ4v) is 9.63. The predicted molar refractivity (Wildman–Crippen MR) is 208 cm³/mol. The van der Waals surface area contributed by atoms with Crippen molar-refractivity contribution in [1.29, 1.82) is 0 Å². The van der Waals surface area contributed by atoms with Crippen LogP contribution in [0.5, 0.6) is 0 Å². The van der Waals surface area contributed by atoms with Crippen molar-refractivity contribution in [1.82, 2.24) is 9.13 Å². The fourth-order valence-electron chi connectivity index (χ4n) is 8.43. The molecule has 7 aromatic carbocycles. The first-order chi connectivity index (χ1) is 24.3. The number of hydrogen-bond acceptors (Lipinski definition) is 2. The third-order valence-electron chi connectivity index (χ3n) is 10.3. The highest BCUT2D eigenvalue weighted by Gasteiger charge is 2.40. The summed E-state index contributed by atoms with van der Waals surface area (Å²) in [5.74, 6) is 0. The number of para-hydroxylation sites is 5. The smallest absolute Gasteiger partial charge is 0.249 e. The van der Waals surface area contributed by atoms with Gasteiger partial charge in [-0.25, -0.2) is 0 Å². The van der Waals surface area contributed by atoms with Gasteiger partial charge in [-0.3, -0.25) is 0 Å². The number of anilines is 3. The lowest BCUT2D eigenvalue weighted by molar-refractivity contribution is 1.16. The van der Waals surface area contributed by atoms with Gasteiger partial charge in [0.1, 0.15) is 0 Å². The number of hydrogen-bond donors (Lipinski definition) is 0. The van der Waals surface area contributed by atoms with Gasteiger partial charge in [0.05, 0.1) is 22.1 Å². The van der Waals surface area contributed by atoms with Crippen LogP contribution < -0.4 is 21.3 Å². The summed E-state index contributed by atoms with van der Waals surface area (Å²) in [4.78, 5) is 5.04. The first-order valence-electron chi connectivity index (χ1n) is 16.8. The van der Waals surface area contributed by atoms with Gasteiger partial charge in [0.25, 0.3) is 0 Å². The summed E-state index contributed by atoms with van der Waals surface area (Å²) in [6.45, 7) is 0.144. The summed E-state index contributed by atoms with van der Waals surface area (Å²) < 4.78 is 5.07. The SMILES string of the molecule is c1ccc(N(c2ccccc2)c2cc3c4c(c2)-n2c5c(cccc5c5c2c2ccccc2n5-c2ccccc2)B4c2ccccc2S3)cc1. The van der Waals surface area contributed by atoms with Gasteiger partial charge < -0.3 is 14.0 Å². The van der Waals surface area contributed by atoms with Crippen LogP contribution in [0.2, 0.25) is 0 Å². The standard InChI is InChI=1S/C44H28BN3S/c1-4-15-29(16-5-1)46(30-17-6-2-7-18-30)32-27-38-41-40(28-32)49-39-26-13-11-23-35(39)45(41)36-24-14-22-34-42(36)48(38)43-33-21-10-12-25-37(33)47(44(34)43)31-19-8-3-9-20-31/h1-28H. The lowest BCUT2D eigenvalue weighted by Gasteiger charge is -2.35. The van der Waals surface area contributed by atoms with E-state index in [1.165, 1.54) is 70.4 Å². The fraction of sp³-hybridized carbons (Fsp3) is 0. The summed E-state index contributed by atoms with van der Waals surface area (Å²) >= 11 is 1.90. The van der Waals surface area contributed by atoms with Gasteiger partial charge in [0.15, 0.2) is 0 Å². The molecular formula is C44H28BN3S. The van der Waals surface area contributed by atoms with E-state index in [4.69, 9.17) is 0 Å². The van der Waals surface area contributed by atoms with Crippen LogP contribution in [-0.2, 0) is 0 Å². The van der Waals surface area contributed by atoms with Gasteiger partial charge >= 0.3 is 0 Å². The number of benzene rings is 7. The molecule has 0 atom stereocenters. The Balaban J connectivity index is 1.32. The van der Waals surface area contributed by atoms with Crippen molar-refractivity contribution in [3.05, 3.63) is 170 Å². The van der Waals surface area contributed by atoms with E-state index in [9.17, 15) is 0 Å². The number of rotatable bonds is 4. The molecule has 0 amide bonds. The van der Waals surface area contributed by atoms with E-state index >= 15 is 0 Å². The highest BCUT2D eigenvalue weighted by molar-refractivity contribution is 8.00. The van der Waals surface area contributed by atoms with Crippen molar-refractivity contribution in [2.24, 2.45) is 0 Å². The Kier molecular flexibility index (Phi) is 5.69. The lowest BCUT2D eigenvalue weighted by atomic mass is 9.35. The Bertz CT molecular complexity index is 2710. The average Bonchev–Trinajstić information content (AvgIpc) is 3.68. The first kappa shape index (κ1) is 27.1. The molecule has 0 spiro atoms. The van der Waals surface area contributed by atoms with E-state index in [0.29, 0.717) is 0 Å². The molecule has 2 aliphatic heterocycles. The van der Waals surface area contributed by atoms with E-state index < -0.39 is 0 Å². The highest BCUT2D eigenvalue weighted by atomic mass is 32.2. The largest absolute Gasteiger partial charge is 0.310 e. The van der Waals surface area contributed by atoms with Crippen LogP contribution in [0.15, 0.2) is 180 Å². The monoisotopic (exact) mass is 641 g/mol. The number of nitrogens with zero attached hydrogens (tertiary/aromatic N) is 3. The van der Waals surface area contributed by atoms with Crippen molar-refractivity contribution in [3.63, 3.8) is 0 Å². The highest BCUT2D eigenvalue weighted by Crippen LogP contribution is 2.45. The van der Waals surface area contributed by atoms with E-state index in [2.05, 4.69) is 184 Å².